The van der Waals surface area contributed by atoms with E-state index in [1.54, 1.807) is 30.3 Å². The second kappa shape index (κ2) is 15.2. The average Bonchev–Trinajstić information content (AvgIpc) is 3.82. The van der Waals surface area contributed by atoms with Crippen LogP contribution in [0.1, 0.15) is 109 Å². The predicted molar refractivity (Wildman–Crippen MR) is 203 cm³/mol. The molecule has 322 valence electrons. The van der Waals surface area contributed by atoms with E-state index >= 15 is 0 Å². The molecule has 3 aliphatic heterocycles. The van der Waals surface area contributed by atoms with Crippen molar-refractivity contribution in [1.82, 2.24) is 25.2 Å². The van der Waals surface area contributed by atoms with Gasteiger partial charge in [-0.15, -0.1) is 0 Å². The summed E-state index contributed by atoms with van der Waals surface area (Å²) in [6.07, 6.45) is -2.80. The summed E-state index contributed by atoms with van der Waals surface area (Å²) in [4.78, 5) is 61.9. The van der Waals surface area contributed by atoms with Gasteiger partial charge in [-0.3, -0.25) is 19.1 Å². The van der Waals surface area contributed by atoms with Crippen molar-refractivity contribution >= 4 is 44.7 Å². The number of sulfonamides is 1. The van der Waals surface area contributed by atoms with Gasteiger partial charge in [-0.05, 0) is 84.6 Å². The lowest BCUT2D eigenvalue weighted by molar-refractivity contribution is -0.244. The number of rotatable bonds is 6. The maximum Gasteiger partial charge on any atom is 0.427 e. The molecule has 0 bridgehead atoms. The second-order valence-corrected chi connectivity index (χ2v) is 19.4. The van der Waals surface area contributed by atoms with E-state index in [-0.39, 0.29) is 44.4 Å². The standard InChI is InChI=1S/C40H48F5N5O8S/c1-36(2,40(43,44)45)58-35(54)47-27-14-8-6-4-5-7-11-23-15-18-39(23,34(53)49-59(55,56)37(3)19-20-37)48-32(51)28-21-38(22-50(28)33(27)52)17-16-25-24-12-9-10-13-26(24)46-29(31(41)42)30(25)57-38/h7,9-13,23,27-28,31H,4-6,8,14-22H2,1-3H3,(H,47,54)(H,48,51)(H,49,53). The number of alkyl halides is 5. The fourth-order valence-electron chi connectivity index (χ4n) is 8.49. The van der Waals surface area contributed by atoms with Crippen molar-refractivity contribution in [2.75, 3.05) is 6.54 Å². The molecular formula is C40H48F5N5O8S. The normalized spacial score (nSPS) is 28.6. The number of halogens is 5. The van der Waals surface area contributed by atoms with Crippen LogP contribution in [-0.2, 0) is 35.6 Å². The van der Waals surface area contributed by atoms with Gasteiger partial charge < -0.3 is 25.0 Å². The first-order valence-electron chi connectivity index (χ1n) is 19.9. The monoisotopic (exact) mass is 853 g/mol. The number of aryl methyl sites for hydroxylation is 1. The quantitative estimate of drug-likeness (QED) is 0.231. The number of hydrogen-bond donors (Lipinski definition) is 3. The van der Waals surface area contributed by atoms with Crippen molar-refractivity contribution in [3.05, 3.63) is 47.7 Å². The van der Waals surface area contributed by atoms with Crippen molar-refractivity contribution in [2.24, 2.45) is 5.92 Å². The molecule has 59 heavy (non-hydrogen) atoms. The van der Waals surface area contributed by atoms with E-state index in [1.807, 2.05) is 6.08 Å². The highest BCUT2D eigenvalue weighted by Crippen LogP contribution is 2.48. The van der Waals surface area contributed by atoms with Crippen LogP contribution in [0, 0.1) is 5.92 Å². The summed E-state index contributed by atoms with van der Waals surface area (Å²) >= 11 is 0. The van der Waals surface area contributed by atoms with Gasteiger partial charge in [0.25, 0.3) is 12.3 Å². The van der Waals surface area contributed by atoms with Crippen LogP contribution in [0.5, 0.6) is 5.75 Å². The first-order valence-corrected chi connectivity index (χ1v) is 21.4. The summed E-state index contributed by atoms with van der Waals surface area (Å²) in [5.41, 5.74) is -5.96. The minimum absolute atomic E-state index is 0.0529. The second-order valence-electron chi connectivity index (χ2n) is 17.2. The van der Waals surface area contributed by atoms with Crippen LogP contribution in [0.4, 0.5) is 26.7 Å². The summed E-state index contributed by atoms with van der Waals surface area (Å²) in [6, 6.07) is 3.76. The third-order valence-corrected chi connectivity index (χ3v) is 14.9. The number of para-hydroxylation sites is 1. The highest BCUT2D eigenvalue weighted by atomic mass is 32.2. The number of carbonyl (C=O) groups is 4. The van der Waals surface area contributed by atoms with Gasteiger partial charge in [0, 0.05) is 23.3 Å². The molecule has 2 aliphatic carbocycles. The minimum atomic E-state index is -4.95. The Balaban J connectivity index is 1.26. The lowest BCUT2D eigenvalue weighted by Crippen LogP contribution is -2.70. The number of hydrogen-bond acceptors (Lipinski definition) is 9. The van der Waals surface area contributed by atoms with Crippen LogP contribution in [0.15, 0.2) is 36.4 Å². The van der Waals surface area contributed by atoms with Crippen molar-refractivity contribution in [1.29, 1.82) is 0 Å². The molecule has 2 aromatic rings. The van der Waals surface area contributed by atoms with Gasteiger partial charge >= 0.3 is 12.3 Å². The van der Waals surface area contributed by atoms with Gasteiger partial charge in [0.15, 0.2) is 5.75 Å². The Morgan fingerprint density at radius 2 is 1.78 bits per heavy atom. The maximum atomic E-state index is 14.7. The molecule has 3 fully saturated rings. The summed E-state index contributed by atoms with van der Waals surface area (Å²) in [5.74, 6) is -3.48. The first-order chi connectivity index (χ1) is 27.6. The van der Waals surface area contributed by atoms with Gasteiger partial charge in [-0.2, -0.15) is 13.2 Å². The largest absolute Gasteiger partial charge is 0.483 e. The Morgan fingerprint density at radius 3 is 2.44 bits per heavy atom. The molecule has 0 radical (unpaired) electrons. The number of allylic oxidation sites excluding steroid dienone is 1. The summed E-state index contributed by atoms with van der Waals surface area (Å²) in [6.45, 7) is 2.46. The molecule has 1 spiro atoms. The highest BCUT2D eigenvalue weighted by molar-refractivity contribution is 7.91. The Labute approximate surface area is 338 Å². The van der Waals surface area contributed by atoms with Gasteiger partial charge in [0.05, 0.1) is 16.8 Å². The molecule has 5 aliphatic rings. The molecule has 4 amide bonds. The molecule has 2 saturated carbocycles. The van der Waals surface area contributed by atoms with E-state index in [1.165, 1.54) is 6.92 Å². The predicted octanol–water partition coefficient (Wildman–Crippen LogP) is 6.06. The zero-order chi connectivity index (χ0) is 42.8. The van der Waals surface area contributed by atoms with E-state index in [2.05, 4.69) is 20.3 Å². The zero-order valence-corrected chi connectivity index (χ0v) is 33.7. The van der Waals surface area contributed by atoms with E-state index in [0.717, 1.165) is 4.90 Å². The van der Waals surface area contributed by atoms with Crippen molar-refractivity contribution in [3.63, 3.8) is 0 Å². The van der Waals surface area contributed by atoms with Crippen LogP contribution < -0.4 is 20.1 Å². The third kappa shape index (κ3) is 7.94. The minimum Gasteiger partial charge on any atom is -0.483 e. The molecule has 1 saturated heterocycles. The SMILES string of the molecule is CC(C)(OC(=O)NC1CCCCCC=CC2CCC2(C(=O)NS(=O)(=O)C2(C)CC2)NC(=O)C2CC3(CCc4c(c(C(F)F)nc5ccccc45)O3)CN2C1=O)C(F)(F)F. The Morgan fingerprint density at radius 1 is 1.05 bits per heavy atom. The Bertz CT molecular complexity index is 2180. The number of carbonyl (C=O) groups excluding carboxylic acids is 4. The van der Waals surface area contributed by atoms with Gasteiger partial charge in [0.1, 0.15) is 28.9 Å². The zero-order valence-electron chi connectivity index (χ0n) is 32.9. The summed E-state index contributed by atoms with van der Waals surface area (Å²) < 4.78 is 109. The summed E-state index contributed by atoms with van der Waals surface area (Å²) in [5, 5.41) is 5.67. The fraction of sp³-hybridized carbons (Fsp3) is 0.625. The molecule has 3 N–H and O–H groups in total. The molecule has 4 heterocycles. The first kappa shape index (κ1) is 42.6. The van der Waals surface area contributed by atoms with Crippen molar-refractivity contribution < 1.29 is 59.0 Å². The maximum absolute atomic E-state index is 14.7. The van der Waals surface area contributed by atoms with E-state index in [9.17, 15) is 49.5 Å². The number of ether oxygens (including phenoxy) is 2. The molecule has 1 aromatic carbocycles. The molecule has 7 rings (SSSR count). The number of fused-ring (bicyclic) bond motifs is 5. The Hall–Kier alpha value is -4.55. The van der Waals surface area contributed by atoms with Crippen LogP contribution in [-0.4, -0.2) is 88.4 Å². The topological polar surface area (TPSA) is 173 Å². The number of amides is 4. The number of nitrogens with zero attached hydrogens (tertiary/aromatic N) is 2. The van der Waals surface area contributed by atoms with Gasteiger partial charge in [0.2, 0.25) is 27.4 Å². The van der Waals surface area contributed by atoms with E-state index in [4.69, 9.17) is 9.47 Å². The van der Waals surface area contributed by atoms with E-state index < -0.39 is 91.6 Å². The molecule has 5 atom stereocenters. The molecule has 5 unspecified atom stereocenters. The van der Waals surface area contributed by atoms with Crippen LogP contribution in [0.2, 0.25) is 0 Å². The highest BCUT2D eigenvalue weighted by Gasteiger charge is 2.60. The van der Waals surface area contributed by atoms with E-state index in [0.29, 0.717) is 75.3 Å². The van der Waals surface area contributed by atoms with Crippen LogP contribution in [0.3, 0.4) is 0 Å². The Kier molecular flexibility index (Phi) is 10.9. The lowest BCUT2D eigenvalue weighted by atomic mass is 9.65. The number of nitrogens with one attached hydrogen (secondary N) is 3. The number of aromatic nitrogens is 1. The lowest BCUT2D eigenvalue weighted by Gasteiger charge is -2.48. The van der Waals surface area contributed by atoms with Crippen molar-refractivity contribution in [2.45, 2.75) is 144 Å². The summed E-state index contributed by atoms with van der Waals surface area (Å²) in [7, 11) is -4.14. The molecular weight excluding hydrogens is 806 g/mol. The number of pyridine rings is 1. The molecule has 1 aromatic heterocycles. The number of benzene rings is 1. The molecule has 13 nitrogen and oxygen atoms in total. The fourth-order valence-corrected chi connectivity index (χ4v) is 9.80. The van der Waals surface area contributed by atoms with Crippen molar-refractivity contribution in [3.8, 4) is 5.75 Å². The smallest absolute Gasteiger partial charge is 0.427 e. The van der Waals surface area contributed by atoms with Crippen LogP contribution >= 0.6 is 0 Å². The average molecular weight is 854 g/mol. The van der Waals surface area contributed by atoms with Crippen LogP contribution in [0.25, 0.3) is 10.9 Å². The molecule has 19 heteroatoms. The third-order valence-electron chi connectivity index (χ3n) is 12.7. The van der Waals surface area contributed by atoms with Gasteiger partial charge in [-0.1, -0.05) is 43.2 Å². The van der Waals surface area contributed by atoms with Gasteiger partial charge in [-0.25, -0.2) is 27.0 Å². The number of alkyl carbamates (subject to hydrolysis) is 1.